The van der Waals surface area contributed by atoms with E-state index < -0.39 is 5.97 Å². The molecule has 1 aromatic heterocycles. The lowest BCUT2D eigenvalue weighted by atomic mass is 10.5. The summed E-state index contributed by atoms with van der Waals surface area (Å²) in [5.74, 6) is -0.438. The van der Waals surface area contributed by atoms with Crippen LogP contribution in [0.5, 0.6) is 0 Å². The van der Waals surface area contributed by atoms with Crippen molar-refractivity contribution in [1.82, 2.24) is 4.98 Å². The highest BCUT2D eigenvalue weighted by atomic mass is 32.1. The van der Waals surface area contributed by atoms with Crippen molar-refractivity contribution in [2.24, 2.45) is 5.73 Å². The Hall–Kier alpha value is -1.02. The van der Waals surface area contributed by atoms with Gasteiger partial charge in [-0.05, 0) is 6.42 Å². The van der Waals surface area contributed by atoms with Crippen LogP contribution in [0.25, 0.3) is 0 Å². The zero-order valence-electron chi connectivity index (χ0n) is 10.4. The Bertz CT molecular complexity index is 357. The molecule has 2 N–H and O–H groups in total. The first-order valence-corrected chi connectivity index (χ1v) is 6.54. The molecule has 0 aliphatic heterocycles. The third kappa shape index (κ3) is 5.54. The molecule has 1 rings (SSSR count). The van der Waals surface area contributed by atoms with Gasteiger partial charge in [0.05, 0.1) is 6.61 Å². The minimum Gasteiger partial charge on any atom is -0.458 e. The zero-order chi connectivity index (χ0) is 13.2. The first-order chi connectivity index (χ1) is 8.77. The van der Waals surface area contributed by atoms with E-state index in [1.54, 1.807) is 12.5 Å². The number of methoxy groups -OCH3 is 1. The number of esters is 1. The average molecular weight is 274 g/mol. The van der Waals surface area contributed by atoms with E-state index in [1.165, 1.54) is 11.3 Å². The van der Waals surface area contributed by atoms with Gasteiger partial charge in [0.2, 0.25) is 0 Å². The third-order valence-corrected chi connectivity index (χ3v) is 2.90. The van der Waals surface area contributed by atoms with Gasteiger partial charge in [-0.15, -0.1) is 11.3 Å². The summed E-state index contributed by atoms with van der Waals surface area (Å²) in [6.07, 6.45) is 0.830. The molecule has 18 heavy (non-hydrogen) atoms. The maximum absolute atomic E-state index is 11.5. The molecule has 0 radical (unpaired) electrons. The molecule has 0 amide bonds. The van der Waals surface area contributed by atoms with E-state index in [0.29, 0.717) is 32.1 Å². The molecule has 6 nitrogen and oxygen atoms in total. The zero-order valence-corrected chi connectivity index (χ0v) is 11.2. The van der Waals surface area contributed by atoms with Crippen LogP contribution in [-0.2, 0) is 20.8 Å². The van der Waals surface area contributed by atoms with Crippen LogP contribution < -0.4 is 5.73 Å². The second-order valence-electron chi connectivity index (χ2n) is 3.43. The SMILES string of the molecule is COCCCOCCOC(=O)c1csc(CN)n1. The fourth-order valence-electron chi connectivity index (χ4n) is 1.17. The highest BCUT2D eigenvalue weighted by Gasteiger charge is 2.11. The minimum absolute atomic E-state index is 0.224. The molecule has 1 heterocycles. The Morgan fingerprint density at radius 2 is 2.22 bits per heavy atom. The summed E-state index contributed by atoms with van der Waals surface area (Å²) >= 11 is 1.35. The van der Waals surface area contributed by atoms with Gasteiger partial charge in [0, 0.05) is 32.2 Å². The van der Waals surface area contributed by atoms with Crippen molar-refractivity contribution in [2.75, 3.05) is 33.5 Å². The number of ether oxygens (including phenoxy) is 3. The van der Waals surface area contributed by atoms with Crippen molar-refractivity contribution >= 4 is 17.3 Å². The lowest BCUT2D eigenvalue weighted by Crippen LogP contribution is -2.12. The van der Waals surface area contributed by atoms with E-state index in [9.17, 15) is 4.79 Å². The number of nitrogens with two attached hydrogens (primary N) is 1. The largest absolute Gasteiger partial charge is 0.458 e. The van der Waals surface area contributed by atoms with Crippen molar-refractivity contribution in [3.05, 3.63) is 16.1 Å². The molecule has 0 bridgehead atoms. The normalized spacial score (nSPS) is 10.6. The predicted molar refractivity (Wildman–Crippen MR) is 67.6 cm³/mol. The van der Waals surface area contributed by atoms with E-state index in [2.05, 4.69) is 4.98 Å². The monoisotopic (exact) mass is 274 g/mol. The maximum atomic E-state index is 11.5. The van der Waals surface area contributed by atoms with Crippen molar-refractivity contribution in [2.45, 2.75) is 13.0 Å². The molecule has 0 unspecified atom stereocenters. The molecule has 0 aliphatic rings. The van der Waals surface area contributed by atoms with Gasteiger partial charge in [0.25, 0.3) is 0 Å². The summed E-state index contributed by atoms with van der Waals surface area (Å²) in [7, 11) is 1.64. The Balaban J connectivity index is 2.10. The number of hydrogen-bond donors (Lipinski definition) is 1. The van der Waals surface area contributed by atoms with E-state index in [1.807, 2.05) is 0 Å². The number of rotatable bonds is 9. The van der Waals surface area contributed by atoms with Crippen molar-refractivity contribution in [1.29, 1.82) is 0 Å². The molecule has 0 fully saturated rings. The van der Waals surface area contributed by atoms with Crippen LogP contribution in [0.1, 0.15) is 21.9 Å². The highest BCUT2D eigenvalue weighted by molar-refractivity contribution is 7.09. The third-order valence-electron chi connectivity index (χ3n) is 2.03. The minimum atomic E-state index is -0.438. The summed E-state index contributed by atoms with van der Waals surface area (Å²) in [6.45, 7) is 2.20. The Morgan fingerprint density at radius 1 is 1.39 bits per heavy atom. The second kappa shape index (κ2) is 8.98. The van der Waals surface area contributed by atoms with Gasteiger partial charge in [0.15, 0.2) is 5.69 Å². The molecule has 7 heteroatoms. The van der Waals surface area contributed by atoms with Gasteiger partial charge < -0.3 is 19.9 Å². The standard InChI is InChI=1S/C11H18N2O4S/c1-15-3-2-4-16-5-6-17-11(14)9-8-18-10(7-12)13-9/h8H,2-7,12H2,1H3. The average Bonchev–Trinajstić information content (AvgIpc) is 2.86. The fourth-order valence-corrected chi connectivity index (χ4v) is 1.82. The van der Waals surface area contributed by atoms with Gasteiger partial charge in [-0.25, -0.2) is 9.78 Å². The molecule has 0 aromatic carbocycles. The van der Waals surface area contributed by atoms with Gasteiger partial charge in [-0.2, -0.15) is 0 Å². The summed E-state index contributed by atoms with van der Waals surface area (Å²) in [5, 5.41) is 2.36. The van der Waals surface area contributed by atoms with Crippen LogP contribution in [-0.4, -0.2) is 44.5 Å². The van der Waals surface area contributed by atoms with E-state index in [-0.39, 0.29) is 6.61 Å². The van der Waals surface area contributed by atoms with E-state index in [4.69, 9.17) is 19.9 Å². The first-order valence-electron chi connectivity index (χ1n) is 5.66. The first kappa shape index (κ1) is 15.0. The number of hydrogen-bond acceptors (Lipinski definition) is 7. The van der Waals surface area contributed by atoms with E-state index in [0.717, 1.165) is 11.4 Å². The number of nitrogens with zero attached hydrogens (tertiary/aromatic N) is 1. The van der Waals surface area contributed by atoms with Crippen LogP contribution in [0.3, 0.4) is 0 Å². The van der Waals surface area contributed by atoms with Gasteiger partial charge in [-0.1, -0.05) is 0 Å². The Morgan fingerprint density at radius 3 is 2.89 bits per heavy atom. The molecular formula is C11H18N2O4S. The van der Waals surface area contributed by atoms with Crippen molar-refractivity contribution < 1.29 is 19.0 Å². The molecule has 102 valence electrons. The van der Waals surface area contributed by atoms with Gasteiger partial charge in [-0.3, -0.25) is 0 Å². The van der Waals surface area contributed by atoms with E-state index >= 15 is 0 Å². The number of carbonyl (C=O) groups excluding carboxylic acids is 1. The molecular weight excluding hydrogens is 256 g/mol. The summed E-state index contributed by atoms with van der Waals surface area (Å²) in [5.41, 5.74) is 5.71. The lowest BCUT2D eigenvalue weighted by Gasteiger charge is -2.04. The number of aromatic nitrogens is 1. The number of thiazole rings is 1. The quantitative estimate of drug-likeness (QED) is 0.530. The van der Waals surface area contributed by atoms with Crippen molar-refractivity contribution in [3.8, 4) is 0 Å². The molecule has 0 atom stereocenters. The summed E-state index contributed by atoms with van der Waals surface area (Å²) in [4.78, 5) is 15.5. The van der Waals surface area contributed by atoms with Crippen molar-refractivity contribution in [3.63, 3.8) is 0 Å². The highest BCUT2D eigenvalue weighted by Crippen LogP contribution is 2.09. The van der Waals surface area contributed by atoms with Gasteiger partial charge in [0.1, 0.15) is 11.6 Å². The second-order valence-corrected chi connectivity index (χ2v) is 4.37. The molecule has 0 aliphatic carbocycles. The molecule has 0 spiro atoms. The molecule has 1 aromatic rings. The van der Waals surface area contributed by atoms with Gasteiger partial charge >= 0.3 is 5.97 Å². The fraction of sp³-hybridized carbons (Fsp3) is 0.636. The van der Waals surface area contributed by atoms with Crippen LogP contribution >= 0.6 is 11.3 Å². The molecule has 0 saturated heterocycles. The predicted octanol–water partition coefficient (Wildman–Crippen LogP) is 0.812. The summed E-state index contributed by atoms with van der Waals surface area (Å²) in [6, 6.07) is 0. The van der Waals surface area contributed by atoms with Crippen LogP contribution in [0.15, 0.2) is 5.38 Å². The van der Waals surface area contributed by atoms with Crippen LogP contribution in [0.2, 0.25) is 0 Å². The van der Waals surface area contributed by atoms with Crippen LogP contribution in [0.4, 0.5) is 0 Å². The smallest absolute Gasteiger partial charge is 0.357 e. The molecule has 0 saturated carbocycles. The maximum Gasteiger partial charge on any atom is 0.357 e. The number of carbonyl (C=O) groups is 1. The summed E-state index contributed by atoms with van der Waals surface area (Å²) < 4.78 is 15.1. The van der Waals surface area contributed by atoms with Crippen LogP contribution in [0, 0.1) is 0 Å². The lowest BCUT2D eigenvalue weighted by molar-refractivity contribution is 0.0283. The Kier molecular flexibility index (Phi) is 7.51. The Labute approximate surface area is 110 Å². The topological polar surface area (TPSA) is 83.7 Å².